The van der Waals surface area contributed by atoms with Crippen molar-refractivity contribution in [3.8, 4) is 0 Å². The lowest BCUT2D eigenvalue weighted by Crippen LogP contribution is -2.09. The third-order valence-corrected chi connectivity index (χ3v) is 1.38. The summed E-state index contributed by atoms with van der Waals surface area (Å²) >= 11 is 0. The molecule has 0 aliphatic heterocycles. The Hall–Kier alpha value is -1.24. The predicted molar refractivity (Wildman–Crippen MR) is 49.2 cm³/mol. The highest BCUT2D eigenvalue weighted by Crippen LogP contribution is 1.96. The van der Waals surface area contributed by atoms with E-state index in [0.717, 1.165) is 12.2 Å². The molecular weight excluding hydrogens is 134 g/mol. The summed E-state index contributed by atoms with van der Waals surface area (Å²) in [7, 11) is 0. The number of hydrogen-bond donors (Lipinski definition) is 1. The van der Waals surface area contributed by atoms with Gasteiger partial charge < -0.3 is 5.32 Å². The average Bonchev–Trinajstić information content (AvgIpc) is 1.94. The molecule has 1 N–H and O–H groups in total. The average molecular weight is 147 g/mol. The summed E-state index contributed by atoms with van der Waals surface area (Å²) in [4.78, 5) is 0. The molecule has 0 saturated carbocycles. The van der Waals surface area contributed by atoms with Crippen LogP contribution in [0.15, 0.2) is 48.2 Å². The van der Waals surface area contributed by atoms with Gasteiger partial charge in [0.05, 0.1) is 0 Å². The van der Waals surface area contributed by atoms with Crippen LogP contribution < -0.4 is 5.32 Å². The highest BCUT2D eigenvalue weighted by Gasteiger charge is 1.85. The van der Waals surface area contributed by atoms with Crippen LogP contribution in [0.5, 0.6) is 0 Å². The molecule has 58 valence electrons. The summed E-state index contributed by atoms with van der Waals surface area (Å²) in [6, 6.07) is 0. The van der Waals surface area contributed by atoms with Crippen molar-refractivity contribution in [2.75, 3.05) is 6.54 Å². The Labute approximate surface area is 67.8 Å². The van der Waals surface area contributed by atoms with E-state index in [2.05, 4.69) is 24.4 Å². The molecule has 0 atom stereocenters. The summed E-state index contributed by atoms with van der Waals surface area (Å²) in [6.45, 7) is 3.06. The molecule has 0 radical (unpaired) electrons. The Kier molecular flexibility index (Phi) is 3.26. The molecule has 0 heterocycles. The van der Waals surface area contributed by atoms with Crippen LogP contribution in [-0.4, -0.2) is 6.54 Å². The van der Waals surface area contributed by atoms with E-state index >= 15 is 0 Å². The highest BCUT2D eigenvalue weighted by molar-refractivity contribution is 5.29. The Morgan fingerprint density at radius 2 is 1.82 bits per heavy atom. The molecule has 0 saturated heterocycles. The van der Waals surface area contributed by atoms with E-state index < -0.39 is 0 Å². The normalized spacial score (nSPS) is 21.4. The minimum atomic E-state index is 0.966. The van der Waals surface area contributed by atoms with E-state index in [1.807, 2.05) is 30.4 Å². The van der Waals surface area contributed by atoms with Crippen LogP contribution in [0.3, 0.4) is 0 Å². The lowest BCUT2D eigenvalue weighted by molar-refractivity contribution is 0.879. The number of allylic oxidation sites excluding steroid dienone is 7. The maximum Gasteiger partial charge on any atom is 0.0340 e. The zero-order valence-corrected chi connectivity index (χ0v) is 6.75. The van der Waals surface area contributed by atoms with Crippen molar-refractivity contribution in [3.63, 3.8) is 0 Å². The topological polar surface area (TPSA) is 12.0 Å². The molecule has 0 spiro atoms. The summed E-state index contributed by atoms with van der Waals surface area (Å²) < 4.78 is 0. The van der Waals surface area contributed by atoms with Gasteiger partial charge >= 0.3 is 0 Å². The second-order valence-electron chi connectivity index (χ2n) is 2.28. The molecule has 0 aromatic carbocycles. The van der Waals surface area contributed by atoms with Crippen LogP contribution in [0.1, 0.15) is 6.92 Å². The third-order valence-electron chi connectivity index (χ3n) is 1.38. The number of rotatable bonds is 2. The van der Waals surface area contributed by atoms with Crippen LogP contribution in [0.4, 0.5) is 0 Å². The molecule has 0 amide bonds. The first-order chi connectivity index (χ1) is 5.43. The maximum absolute atomic E-state index is 3.24. The van der Waals surface area contributed by atoms with Gasteiger partial charge in [0.15, 0.2) is 0 Å². The summed E-state index contributed by atoms with van der Waals surface area (Å²) in [5.74, 6) is 0. The predicted octanol–water partition coefficient (Wildman–Crippen LogP) is 2.16. The fraction of sp³-hybridized carbons (Fsp3) is 0.200. The molecule has 0 bridgehead atoms. The molecule has 0 aromatic heterocycles. The van der Waals surface area contributed by atoms with Crippen LogP contribution in [-0.2, 0) is 0 Å². The quantitative estimate of drug-likeness (QED) is 0.631. The van der Waals surface area contributed by atoms with Gasteiger partial charge in [-0.25, -0.2) is 0 Å². The largest absolute Gasteiger partial charge is 0.385 e. The van der Waals surface area contributed by atoms with Crippen LogP contribution in [0.2, 0.25) is 0 Å². The van der Waals surface area contributed by atoms with Crippen LogP contribution in [0.25, 0.3) is 0 Å². The molecule has 1 nitrogen and oxygen atoms in total. The van der Waals surface area contributed by atoms with Gasteiger partial charge in [-0.05, 0) is 19.1 Å². The first-order valence-corrected chi connectivity index (χ1v) is 3.89. The van der Waals surface area contributed by atoms with E-state index in [4.69, 9.17) is 0 Å². The minimum absolute atomic E-state index is 0.966. The maximum atomic E-state index is 3.24. The van der Waals surface area contributed by atoms with E-state index in [1.165, 1.54) is 0 Å². The zero-order valence-electron chi connectivity index (χ0n) is 6.75. The van der Waals surface area contributed by atoms with E-state index in [9.17, 15) is 0 Å². The lowest BCUT2D eigenvalue weighted by atomic mass is 10.2. The fourth-order valence-corrected chi connectivity index (χ4v) is 0.888. The smallest absolute Gasteiger partial charge is 0.0340 e. The standard InChI is InChI=1S/C10H13N/c1-2-11-10-8-6-4-3-5-7-9-10/h3-9,11H,2H2,1H3/b4-3-,5-3?,6-4?,7-5-,8-6?,9-7?,10-8?,10-9?. The van der Waals surface area contributed by atoms with Gasteiger partial charge in [0.2, 0.25) is 0 Å². The Bertz CT molecular complexity index is 219. The van der Waals surface area contributed by atoms with Crippen molar-refractivity contribution in [3.05, 3.63) is 48.2 Å². The molecule has 0 aromatic rings. The second-order valence-corrected chi connectivity index (χ2v) is 2.28. The SMILES string of the molecule is CCNC1=C/C=C\C=C/C=C1. The van der Waals surface area contributed by atoms with Gasteiger partial charge in [-0.3, -0.25) is 0 Å². The fourth-order valence-electron chi connectivity index (χ4n) is 0.888. The minimum Gasteiger partial charge on any atom is -0.385 e. The van der Waals surface area contributed by atoms with Gasteiger partial charge in [-0.2, -0.15) is 0 Å². The van der Waals surface area contributed by atoms with Crippen molar-refractivity contribution in [1.82, 2.24) is 5.32 Å². The second kappa shape index (κ2) is 4.56. The molecule has 11 heavy (non-hydrogen) atoms. The van der Waals surface area contributed by atoms with Crippen molar-refractivity contribution >= 4 is 0 Å². The lowest BCUT2D eigenvalue weighted by Gasteiger charge is -2.01. The Morgan fingerprint density at radius 3 is 2.64 bits per heavy atom. The van der Waals surface area contributed by atoms with Crippen LogP contribution >= 0.6 is 0 Å². The molecule has 0 unspecified atom stereocenters. The molecular formula is C10H13N. The number of likely N-dealkylation sites (N-methyl/N-ethyl adjacent to an activating group) is 1. The first kappa shape index (κ1) is 7.86. The van der Waals surface area contributed by atoms with Gasteiger partial charge in [0.25, 0.3) is 0 Å². The van der Waals surface area contributed by atoms with Gasteiger partial charge in [-0.1, -0.05) is 30.4 Å². The molecule has 1 rings (SSSR count). The molecule has 0 fully saturated rings. The zero-order chi connectivity index (χ0) is 7.94. The number of hydrogen-bond acceptors (Lipinski definition) is 1. The molecule has 1 heteroatoms. The van der Waals surface area contributed by atoms with E-state index in [1.54, 1.807) is 0 Å². The Morgan fingerprint density at radius 1 is 1.09 bits per heavy atom. The van der Waals surface area contributed by atoms with Crippen molar-refractivity contribution in [2.45, 2.75) is 6.92 Å². The highest BCUT2D eigenvalue weighted by atomic mass is 14.9. The summed E-state index contributed by atoms with van der Waals surface area (Å²) in [5, 5.41) is 3.24. The number of nitrogens with one attached hydrogen (secondary N) is 1. The van der Waals surface area contributed by atoms with E-state index in [-0.39, 0.29) is 0 Å². The van der Waals surface area contributed by atoms with Gasteiger partial charge in [0.1, 0.15) is 0 Å². The first-order valence-electron chi connectivity index (χ1n) is 3.89. The van der Waals surface area contributed by atoms with Crippen LogP contribution in [0, 0.1) is 0 Å². The third kappa shape index (κ3) is 2.89. The van der Waals surface area contributed by atoms with Crippen molar-refractivity contribution in [1.29, 1.82) is 0 Å². The van der Waals surface area contributed by atoms with Gasteiger partial charge in [-0.15, -0.1) is 0 Å². The monoisotopic (exact) mass is 147 g/mol. The molecule has 1 aliphatic rings. The van der Waals surface area contributed by atoms with Crippen molar-refractivity contribution in [2.24, 2.45) is 0 Å². The summed E-state index contributed by atoms with van der Waals surface area (Å²) in [5.41, 5.74) is 1.16. The van der Waals surface area contributed by atoms with E-state index in [0.29, 0.717) is 0 Å². The summed E-state index contributed by atoms with van der Waals surface area (Å²) in [6.07, 6.45) is 14.2. The Balaban J connectivity index is 2.62. The van der Waals surface area contributed by atoms with Gasteiger partial charge in [0, 0.05) is 12.2 Å². The van der Waals surface area contributed by atoms with Crippen molar-refractivity contribution < 1.29 is 0 Å². The molecule has 1 aliphatic carbocycles.